The first kappa shape index (κ1) is 17.4. The quantitative estimate of drug-likeness (QED) is 0.587. The Kier molecular flexibility index (Phi) is 4.59. The summed E-state index contributed by atoms with van der Waals surface area (Å²) in [6.07, 6.45) is 0. The van der Waals surface area contributed by atoms with Gasteiger partial charge < -0.3 is 15.3 Å². The highest BCUT2D eigenvalue weighted by Gasteiger charge is 2.16. The number of phenolic OH excluding ortho intramolecular Hbond substituents is 1. The maximum absolute atomic E-state index is 10.9. The van der Waals surface area contributed by atoms with Crippen molar-refractivity contribution in [3.8, 4) is 17.3 Å². The summed E-state index contributed by atoms with van der Waals surface area (Å²) in [4.78, 5) is 10.9. The van der Waals surface area contributed by atoms with Gasteiger partial charge in [-0.2, -0.15) is 9.78 Å². The van der Waals surface area contributed by atoms with Crippen molar-refractivity contribution in [3.63, 3.8) is 0 Å². The largest absolute Gasteiger partial charge is 0.506 e. The topological polar surface area (TPSA) is 120 Å². The van der Waals surface area contributed by atoms with Crippen molar-refractivity contribution in [2.24, 2.45) is 10.2 Å². The van der Waals surface area contributed by atoms with E-state index in [9.17, 15) is 15.0 Å². The van der Waals surface area contributed by atoms with E-state index in [0.717, 1.165) is 6.07 Å². The van der Waals surface area contributed by atoms with Crippen molar-refractivity contribution in [2.75, 3.05) is 0 Å². The number of halogens is 1. The minimum Gasteiger partial charge on any atom is -0.506 e. The van der Waals surface area contributed by atoms with E-state index < -0.39 is 5.97 Å². The summed E-state index contributed by atoms with van der Waals surface area (Å²) in [7, 11) is 0. The molecule has 1 heterocycles. The van der Waals surface area contributed by atoms with Crippen molar-refractivity contribution in [1.82, 2.24) is 9.78 Å². The van der Waals surface area contributed by atoms with E-state index in [0.29, 0.717) is 16.4 Å². The summed E-state index contributed by atoms with van der Waals surface area (Å²) in [6, 6.07) is 10.4. The molecule has 0 fully saturated rings. The Labute approximate surface area is 152 Å². The number of hydrogen-bond donors (Lipinski definition) is 3. The van der Waals surface area contributed by atoms with E-state index in [-0.39, 0.29) is 28.6 Å². The van der Waals surface area contributed by atoms with Crippen LogP contribution in [0.3, 0.4) is 0 Å². The van der Waals surface area contributed by atoms with Gasteiger partial charge in [0.25, 0.3) is 0 Å². The number of carboxylic acids is 1. The molecule has 0 unspecified atom stereocenters. The van der Waals surface area contributed by atoms with Crippen LogP contribution in [0.1, 0.15) is 16.1 Å². The number of benzene rings is 2. The molecule has 0 radical (unpaired) electrons. The lowest BCUT2D eigenvalue weighted by Crippen LogP contribution is -1.95. The number of aromatic carboxylic acids is 1. The van der Waals surface area contributed by atoms with Crippen molar-refractivity contribution >= 4 is 28.9 Å². The predicted octanol–water partition coefficient (Wildman–Crippen LogP) is 4.36. The Hall–Kier alpha value is -3.39. The average Bonchev–Trinajstić information content (AvgIpc) is 2.88. The van der Waals surface area contributed by atoms with Gasteiger partial charge >= 0.3 is 5.97 Å². The Morgan fingerprint density at radius 2 is 1.92 bits per heavy atom. The molecule has 0 amide bonds. The number of carboxylic acid groups (broad SMARTS) is 1. The average molecular weight is 373 g/mol. The van der Waals surface area contributed by atoms with Crippen LogP contribution in [0.15, 0.2) is 52.7 Å². The Balaban J connectivity index is 1.96. The van der Waals surface area contributed by atoms with Crippen molar-refractivity contribution in [3.05, 3.63) is 58.7 Å². The normalized spacial score (nSPS) is 11.2. The number of nitrogens with zero attached hydrogens (tertiary/aromatic N) is 4. The third-order valence-corrected chi connectivity index (χ3v) is 3.77. The number of hydrogen-bond acceptors (Lipinski definition) is 6. The van der Waals surface area contributed by atoms with Crippen LogP contribution in [0.4, 0.5) is 11.4 Å². The lowest BCUT2D eigenvalue weighted by molar-refractivity contribution is 0.0696. The fraction of sp³-hybridized carbons (Fsp3) is 0.0588. The number of rotatable bonds is 4. The third kappa shape index (κ3) is 3.35. The van der Waals surface area contributed by atoms with Crippen LogP contribution in [-0.2, 0) is 0 Å². The van der Waals surface area contributed by atoms with Gasteiger partial charge in [-0.05, 0) is 43.3 Å². The highest BCUT2D eigenvalue weighted by molar-refractivity contribution is 6.30. The van der Waals surface area contributed by atoms with Crippen LogP contribution in [-0.4, -0.2) is 31.1 Å². The third-order valence-electron chi connectivity index (χ3n) is 3.54. The number of carbonyl (C=O) groups is 1. The molecule has 9 heteroatoms. The number of aryl methyl sites for hydroxylation is 1. The van der Waals surface area contributed by atoms with Gasteiger partial charge in [-0.1, -0.05) is 17.7 Å². The first-order valence-electron chi connectivity index (χ1n) is 7.39. The molecule has 0 aliphatic heterocycles. The molecule has 3 N–H and O–H groups in total. The van der Waals surface area contributed by atoms with E-state index in [1.165, 1.54) is 16.8 Å². The molecule has 0 spiro atoms. The molecule has 1 aromatic heterocycles. The first-order chi connectivity index (χ1) is 12.4. The fourth-order valence-corrected chi connectivity index (χ4v) is 2.44. The van der Waals surface area contributed by atoms with Crippen molar-refractivity contribution in [1.29, 1.82) is 0 Å². The fourth-order valence-electron chi connectivity index (χ4n) is 2.26. The van der Waals surface area contributed by atoms with Gasteiger partial charge in [-0.25, -0.2) is 4.79 Å². The standard InChI is InChI=1S/C17H13ClN4O4/c1-9-15(16(24)22(21-9)12-4-2-3-11(18)8-12)20-19-13-6-5-10(17(25)26)7-14(13)23/h2-8,23-24H,1H3,(H,25,26)/b20-19+. The Bertz CT molecular complexity index is 1030. The molecule has 0 saturated heterocycles. The molecular formula is C17H13ClN4O4. The molecule has 3 rings (SSSR count). The molecule has 0 saturated carbocycles. The molecule has 0 aliphatic rings. The van der Waals surface area contributed by atoms with Gasteiger partial charge in [0.1, 0.15) is 11.4 Å². The van der Waals surface area contributed by atoms with Gasteiger partial charge in [0.2, 0.25) is 5.88 Å². The minimum atomic E-state index is -1.17. The summed E-state index contributed by atoms with van der Waals surface area (Å²) in [5, 5.41) is 41.6. The molecule has 3 aromatic rings. The smallest absolute Gasteiger partial charge is 0.335 e. The second-order valence-corrected chi connectivity index (χ2v) is 5.79. The van der Waals surface area contributed by atoms with Crippen LogP contribution in [0, 0.1) is 6.92 Å². The lowest BCUT2D eigenvalue weighted by Gasteiger charge is -2.03. The van der Waals surface area contributed by atoms with Gasteiger partial charge in [-0.15, -0.1) is 10.2 Å². The molecule has 26 heavy (non-hydrogen) atoms. The van der Waals surface area contributed by atoms with E-state index in [4.69, 9.17) is 16.7 Å². The second-order valence-electron chi connectivity index (χ2n) is 5.36. The molecule has 2 aromatic carbocycles. The van der Waals surface area contributed by atoms with Gasteiger partial charge in [-0.3, -0.25) is 0 Å². The van der Waals surface area contributed by atoms with Crippen molar-refractivity contribution in [2.45, 2.75) is 6.92 Å². The number of phenols is 1. The maximum atomic E-state index is 10.9. The van der Waals surface area contributed by atoms with Crippen LogP contribution < -0.4 is 0 Å². The monoisotopic (exact) mass is 372 g/mol. The van der Waals surface area contributed by atoms with E-state index in [1.54, 1.807) is 31.2 Å². The van der Waals surface area contributed by atoms with Gasteiger partial charge in [0.05, 0.1) is 16.9 Å². The first-order valence-corrected chi connectivity index (χ1v) is 7.77. The summed E-state index contributed by atoms with van der Waals surface area (Å²) in [6.45, 7) is 1.64. The summed E-state index contributed by atoms with van der Waals surface area (Å²) in [5.74, 6) is -1.75. The van der Waals surface area contributed by atoms with Crippen LogP contribution in [0.2, 0.25) is 5.02 Å². The molecule has 0 atom stereocenters. The number of aromatic hydroxyl groups is 2. The molecular weight excluding hydrogens is 360 g/mol. The predicted molar refractivity (Wildman–Crippen MR) is 94.2 cm³/mol. The molecule has 0 aliphatic carbocycles. The lowest BCUT2D eigenvalue weighted by atomic mass is 10.2. The zero-order valence-corrected chi connectivity index (χ0v) is 14.2. The molecule has 0 bridgehead atoms. The van der Waals surface area contributed by atoms with Gasteiger partial charge in [0.15, 0.2) is 5.69 Å². The zero-order chi connectivity index (χ0) is 18.8. The highest BCUT2D eigenvalue weighted by atomic mass is 35.5. The van der Waals surface area contributed by atoms with E-state index >= 15 is 0 Å². The van der Waals surface area contributed by atoms with Crippen LogP contribution in [0.25, 0.3) is 5.69 Å². The van der Waals surface area contributed by atoms with Crippen LogP contribution >= 0.6 is 11.6 Å². The summed E-state index contributed by atoms with van der Waals surface area (Å²) in [5.41, 5.74) is 1.06. The SMILES string of the molecule is Cc1nn(-c2cccc(Cl)c2)c(O)c1/N=N/c1ccc(C(=O)O)cc1O. The molecule has 132 valence electrons. The Morgan fingerprint density at radius 1 is 1.15 bits per heavy atom. The number of azo groups is 1. The highest BCUT2D eigenvalue weighted by Crippen LogP contribution is 2.35. The van der Waals surface area contributed by atoms with Crippen LogP contribution in [0.5, 0.6) is 11.6 Å². The maximum Gasteiger partial charge on any atom is 0.335 e. The second kappa shape index (κ2) is 6.85. The minimum absolute atomic E-state index is 0.0595. The van der Waals surface area contributed by atoms with E-state index in [1.807, 2.05) is 0 Å². The van der Waals surface area contributed by atoms with Gasteiger partial charge in [0, 0.05) is 5.02 Å². The summed E-state index contributed by atoms with van der Waals surface area (Å²) < 4.78 is 1.27. The Morgan fingerprint density at radius 3 is 2.58 bits per heavy atom. The zero-order valence-electron chi connectivity index (χ0n) is 13.5. The summed E-state index contributed by atoms with van der Waals surface area (Å²) >= 11 is 5.95. The molecule has 8 nitrogen and oxygen atoms in total. The number of aromatic nitrogens is 2. The van der Waals surface area contributed by atoms with Crippen molar-refractivity contribution < 1.29 is 20.1 Å². The van der Waals surface area contributed by atoms with E-state index in [2.05, 4.69) is 15.3 Å².